The van der Waals surface area contributed by atoms with Gasteiger partial charge in [-0.15, -0.1) is 11.8 Å². The Kier molecular flexibility index (Phi) is 14.0. The minimum atomic E-state index is -4.05. The highest BCUT2D eigenvalue weighted by Crippen LogP contribution is 2.36. The summed E-state index contributed by atoms with van der Waals surface area (Å²) in [5, 5.41) is -0.836. The third-order valence-electron chi connectivity index (χ3n) is 7.92. The molecule has 0 fully saturated rings. The predicted octanol–water partition coefficient (Wildman–Crippen LogP) is 6.01. The second-order valence-corrected chi connectivity index (χ2v) is 14.7. The highest BCUT2D eigenvalue weighted by atomic mass is 32.2. The van der Waals surface area contributed by atoms with Crippen LogP contribution in [0.3, 0.4) is 0 Å². The lowest BCUT2D eigenvalue weighted by atomic mass is 10.1. The van der Waals surface area contributed by atoms with Gasteiger partial charge in [0.1, 0.15) is 23.7 Å². The predicted molar refractivity (Wildman–Crippen MR) is 199 cm³/mol. The second kappa shape index (κ2) is 18.8. The van der Waals surface area contributed by atoms with Crippen molar-refractivity contribution >= 4 is 21.9 Å². The average molecular weight is 731 g/mol. The van der Waals surface area contributed by atoms with Crippen molar-refractivity contribution in [2.75, 3.05) is 12.9 Å². The summed E-state index contributed by atoms with van der Waals surface area (Å²) in [4.78, 5) is 28.6. The van der Waals surface area contributed by atoms with Crippen molar-refractivity contribution in [2.24, 2.45) is 0 Å². The van der Waals surface area contributed by atoms with Crippen LogP contribution in [0.25, 0.3) is 0 Å². The molecule has 4 aromatic carbocycles. The Hall–Kier alpha value is -4.30. The van der Waals surface area contributed by atoms with Crippen LogP contribution in [0.1, 0.15) is 33.2 Å². The number of benzene rings is 4. The van der Waals surface area contributed by atoms with E-state index in [0.29, 0.717) is 11.3 Å². The van der Waals surface area contributed by atoms with Gasteiger partial charge < -0.3 is 14.2 Å². The zero-order valence-corrected chi connectivity index (χ0v) is 30.1. The highest BCUT2D eigenvalue weighted by molar-refractivity contribution is 7.98. The molecule has 0 aliphatic heterocycles. The van der Waals surface area contributed by atoms with Crippen LogP contribution in [0.15, 0.2) is 137 Å². The van der Waals surface area contributed by atoms with E-state index >= 15 is 0 Å². The lowest BCUT2D eigenvalue weighted by Gasteiger charge is -2.37. The summed E-state index contributed by atoms with van der Waals surface area (Å²) in [6.07, 6.45) is -0.852. The van der Waals surface area contributed by atoms with Gasteiger partial charge in [0.05, 0.1) is 32.7 Å². The van der Waals surface area contributed by atoms with Crippen LogP contribution in [0.4, 0.5) is 0 Å². The fourth-order valence-corrected chi connectivity index (χ4v) is 7.33. The first-order chi connectivity index (χ1) is 24.7. The quantitative estimate of drug-likeness (QED) is 0.102. The summed E-state index contributed by atoms with van der Waals surface area (Å²) in [7, 11) is -4.05. The molecule has 0 radical (unpaired) electrons. The molecule has 5 aromatic rings. The minimum Gasteiger partial charge on any atom is -0.374 e. The van der Waals surface area contributed by atoms with Crippen LogP contribution < -0.4 is 11.2 Å². The molecular weight excluding hydrogens is 689 g/mol. The molecule has 5 rings (SSSR count). The maximum absolute atomic E-state index is 13.6. The first-order valence-corrected chi connectivity index (χ1v) is 19.3. The third-order valence-corrected chi connectivity index (χ3v) is 9.85. The van der Waals surface area contributed by atoms with Crippen LogP contribution >= 0.6 is 11.8 Å². The summed E-state index contributed by atoms with van der Waals surface area (Å²) in [5.74, 6) is 0.453. The number of aromatic nitrogens is 2. The zero-order chi connectivity index (χ0) is 36.1. The number of H-pyrrole nitrogens is 1. The van der Waals surface area contributed by atoms with E-state index in [1.165, 1.54) is 22.5 Å². The maximum Gasteiger partial charge on any atom is 0.329 e. The number of aromatic amines is 1. The van der Waals surface area contributed by atoms with Gasteiger partial charge in [0.25, 0.3) is 15.7 Å². The van der Waals surface area contributed by atoms with E-state index in [-0.39, 0.29) is 26.4 Å². The lowest BCUT2D eigenvalue weighted by Crippen LogP contribution is -2.50. The van der Waals surface area contributed by atoms with Gasteiger partial charge in [-0.2, -0.15) is 8.42 Å². The number of rotatable bonds is 19. The number of thioether (sulfide) groups is 1. The number of aryl methyl sites for hydroxylation is 1. The van der Waals surface area contributed by atoms with Crippen molar-refractivity contribution in [2.45, 2.75) is 56.2 Å². The molecule has 1 aromatic heterocycles. The van der Waals surface area contributed by atoms with Gasteiger partial charge in [-0.1, -0.05) is 121 Å². The Bertz CT molecular complexity index is 2010. The molecule has 0 aliphatic rings. The largest absolute Gasteiger partial charge is 0.374 e. The van der Waals surface area contributed by atoms with Gasteiger partial charge in [-0.3, -0.25) is 18.5 Å². The Morgan fingerprint density at radius 3 is 1.67 bits per heavy atom. The van der Waals surface area contributed by atoms with Crippen molar-refractivity contribution in [3.8, 4) is 0 Å². The maximum atomic E-state index is 13.6. The van der Waals surface area contributed by atoms with Gasteiger partial charge in [0, 0.05) is 17.5 Å². The number of nitrogens with zero attached hydrogens (tertiary/aromatic N) is 1. The highest BCUT2D eigenvalue weighted by Gasteiger charge is 2.41. The summed E-state index contributed by atoms with van der Waals surface area (Å²) in [5.41, 5.74) is 2.72. The first-order valence-electron chi connectivity index (χ1n) is 16.4. The van der Waals surface area contributed by atoms with Crippen LogP contribution in [-0.4, -0.2) is 49.1 Å². The van der Waals surface area contributed by atoms with Crippen LogP contribution in [0, 0.1) is 6.92 Å². The lowest BCUT2D eigenvalue weighted by molar-refractivity contribution is -0.144. The molecule has 0 aliphatic carbocycles. The molecule has 51 heavy (non-hydrogen) atoms. The summed E-state index contributed by atoms with van der Waals surface area (Å²) in [6, 6.07) is 38.1. The Balaban J connectivity index is 1.61. The van der Waals surface area contributed by atoms with Gasteiger partial charge >= 0.3 is 5.69 Å². The molecule has 12 heteroatoms. The summed E-state index contributed by atoms with van der Waals surface area (Å²) < 4.78 is 52.4. The van der Waals surface area contributed by atoms with Gasteiger partial charge in [-0.05, 0) is 29.2 Å². The summed E-state index contributed by atoms with van der Waals surface area (Å²) in [6.45, 7) is 1.81. The molecule has 0 amide bonds. The molecule has 0 saturated carbocycles. The molecule has 1 N–H and O–H groups in total. The van der Waals surface area contributed by atoms with Crippen molar-refractivity contribution in [1.82, 2.24) is 9.55 Å². The molecule has 0 saturated heterocycles. The molecule has 10 nitrogen and oxygen atoms in total. The number of nitrogens with one attached hydrogen (secondary N) is 1. The normalized spacial score (nSPS) is 14.1. The van der Waals surface area contributed by atoms with E-state index in [2.05, 4.69) is 4.98 Å². The minimum absolute atomic E-state index is 0.0780. The van der Waals surface area contributed by atoms with E-state index in [9.17, 15) is 18.0 Å². The second-order valence-electron chi connectivity index (χ2n) is 12.0. The number of ether oxygens (including phenoxy) is 3. The molecule has 0 bridgehead atoms. The van der Waals surface area contributed by atoms with E-state index < -0.39 is 45.1 Å². The first kappa shape index (κ1) is 37.9. The molecule has 0 unspecified atom stereocenters. The SMILES string of the molecule is Cc1cn([C@H](SCc2ccccc2)[C@@H](OCc2ccccc2)[C@H](OCc2ccccc2)[C@@H](COCc2ccccc2)OS(C)(=O)=O)c(=O)[nH]c1=O. The van der Waals surface area contributed by atoms with Crippen LogP contribution in [0.5, 0.6) is 0 Å². The molecular formula is C39H42N2O8S2. The van der Waals surface area contributed by atoms with Gasteiger partial charge in [-0.25, -0.2) is 4.79 Å². The van der Waals surface area contributed by atoms with Crippen molar-refractivity contribution < 1.29 is 26.8 Å². The Morgan fingerprint density at radius 1 is 0.686 bits per heavy atom. The number of hydrogen-bond donors (Lipinski definition) is 1. The van der Waals surface area contributed by atoms with Crippen molar-refractivity contribution in [3.63, 3.8) is 0 Å². The standard InChI is InChI=1S/C39H42N2O8S2/c1-29-23-41(39(43)40-37(29)42)38(50-28-33-21-13-6-14-22-33)36(48-26-32-19-11-5-12-20-32)35(47-25-31-17-9-4-10-18-31)34(49-51(2,44)45)27-46-24-30-15-7-3-8-16-30/h3-23,34-36,38H,24-28H2,1-2H3,(H,40,42,43)/t34-,35-,36+,38-/m1/s1. The topological polar surface area (TPSA) is 126 Å². The fraction of sp³-hybridized carbons (Fsp3) is 0.282. The molecule has 0 spiro atoms. The number of hydrogen-bond acceptors (Lipinski definition) is 9. The van der Waals surface area contributed by atoms with E-state index in [1.807, 2.05) is 121 Å². The van der Waals surface area contributed by atoms with E-state index in [4.69, 9.17) is 18.4 Å². The van der Waals surface area contributed by atoms with E-state index in [0.717, 1.165) is 28.5 Å². The monoisotopic (exact) mass is 730 g/mol. The molecule has 1 heterocycles. The zero-order valence-electron chi connectivity index (χ0n) is 28.5. The fourth-order valence-electron chi connectivity index (χ4n) is 5.42. The average Bonchev–Trinajstić information content (AvgIpc) is 3.13. The van der Waals surface area contributed by atoms with Crippen molar-refractivity contribution in [3.05, 3.63) is 176 Å². The smallest absolute Gasteiger partial charge is 0.329 e. The van der Waals surface area contributed by atoms with Gasteiger partial charge in [0.15, 0.2) is 0 Å². The molecule has 4 atom stereocenters. The Labute approximate surface area is 302 Å². The van der Waals surface area contributed by atoms with Crippen LogP contribution in [0.2, 0.25) is 0 Å². The summed E-state index contributed by atoms with van der Waals surface area (Å²) >= 11 is 1.40. The van der Waals surface area contributed by atoms with Crippen LogP contribution in [-0.2, 0) is 54.1 Å². The molecule has 268 valence electrons. The van der Waals surface area contributed by atoms with Gasteiger partial charge in [0.2, 0.25) is 0 Å². The third kappa shape index (κ3) is 11.9. The van der Waals surface area contributed by atoms with E-state index in [1.54, 1.807) is 6.92 Å². The Morgan fingerprint density at radius 2 is 1.16 bits per heavy atom. The van der Waals surface area contributed by atoms with Crippen molar-refractivity contribution in [1.29, 1.82) is 0 Å².